The molecule has 0 aliphatic carbocycles. The SMILES string of the molecule is CCCCc1nc(Br)c[nH]1. The molecule has 1 heterocycles. The van der Waals surface area contributed by atoms with Crippen LogP contribution in [0.25, 0.3) is 0 Å². The van der Waals surface area contributed by atoms with Crippen molar-refractivity contribution in [2.24, 2.45) is 0 Å². The second-order valence-corrected chi connectivity index (χ2v) is 3.09. The molecule has 0 amide bonds. The third kappa shape index (κ3) is 2.14. The molecule has 1 aromatic rings. The van der Waals surface area contributed by atoms with Crippen LogP contribution in [0.3, 0.4) is 0 Å². The summed E-state index contributed by atoms with van der Waals surface area (Å²) in [7, 11) is 0. The number of nitrogens with zero attached hydrogens (tertiary/aromatic N) is 1. The first kappa shape index (κ1) is 7.79. The van der Waals surface area contributed by atoms with Gasteiger partial charge in [-0.15, -0.1) is 0 Å². The highest BCUT2D eigenvalue weighted by Crippen LogP contribution is 2.06. The summed E-state index contributed by atoms with van der Waals surface area (Å²) in [4.78, 5) is 7.29. The Kier molecular flexibility index (Phi) is 2.93. The number of hydrogen-bond acceptors (Lipinski definition) is 1. The van der Waals surface area contributed by atoms with E-state index in [1.165, 1.54) is 12.8 Å². The number of unbranched alkanes of at least 4 members (excludes halogenated alkanes) is 1. The van der Waals surface area contributed by atoms with Gasteiger partial charge in [0.2, 0.25) is 0 Å². The van der Waals surface area contributed by atoms with Crippen LogP contribution in [0, 0.1) is 0 Å². The molecular weight excluding hydrogens is 192 g/mol. The summed E-state index contributed by atoms with van der Waals surface area (Å²) in [5.41, 5.74) is 0. The Morgan fingerprint density at radius 2 is 2.50 bits per heavy atom. The van der Waals surface area contributed by atoms with E-state index in [2.05, 4.69) is 32.8 Å². The summed E-state index contributed by atoms with van der Waals surface area (Å²) < 4.78 is 0.901. The van der Waals surface area contributed by atoms with Gasteiger partial charge in [-0.05, 0) is 22.4 Å². The third-order valence-electron chi connectivity index (χ3n) is 1.37. The van der Waals surface area contributed by atoms with Gasteiger partial charge in [0.05, 0.1) is 0 Å². The number of nitrogens with one attached hydrogen (secondary N) is 1. The monoisotopic (exact) mass is 202 g/mol. The molecule has 0 saturated carbocycles. The van der Waals surface area contributed by atoms with Crippen molar-refractivity contribution in [3.05, 3.63) is 16.6 Å². The minimum atomic E-state index is 0.901. The summed E-state index contributed by atoms with van der Waals surface area (Å²) in [6.07, 6.45) is 5.35. The number of imidazole rings is 1. The average Bonchev–Trinajstić information content (AvgIpc) is 2.31. The van der Waals surface area contributed by atoms with Crippen LogP contribution in [0.15, 0.2) is 10.8 Å². The highest BCUT2D eigenvalue weighted by atomic mass is 79.9. The van der Waals surface area contributed by atoms with Gasteiger partial charge < -0.3 is 4.98 Å². The number of aromatic nitrogens is 2. The molecule has 0 atom stereocenters. The minimum Gasteiger partial charge on any atom is -0.348 e. The van der Waals surface area contributed by atoms with E-state index < -0.39 is 0 Å². The topological polar surface area (TPSA) is 28.7 Å². The van der Waals surface area contributed by atoms with E-state index in [-0.39, 0.29) is 0 Å². The van der Waals surface area contributed by atoms with Crippen LogP contribution in [0.5, 0.6) is 0 Å². The van der Waals surface area contributed by atoms with Crippen molar-refractivity contribution in [1.29, 1.82) is 0 Å². The quantitative estimate of drug-likeness (QED) is 0.803. The highest BCUT2D eigenvalue weighted by Gasteiger charge is 1.95. The second-order valence-electron chi connectivity index (χ2n) is 2.27. The molecule has 0 unspecified atom stereocenters. The van der Waals surface area contributed by atoms with Crippen molar-refractivity contribution in [1.82, 2.24) is 9.97 Å². The van der Waals surface area contributed by atoms with E-state index in [9.17, 15) is 0 Å². The van der Waals surface area contributed by atoms with Gasteiger partial charge in [0, 0.05) is 12.6 Å². The summed E-state index contributed by atoms with van der Waals surface area (Å²) >= 11 is 3.28. The zero-order valence-electron chi connectivity index (χ0n) is 6.02. The van der Waals surface area contributed by atoms with E-state index in [1.54, 1.807) is 0 Å². The van der Waals surface area contributed by atoms with Crippen molar-refractivity contribution >= 4 is 15.9 Å². The van der Waals surface area contributed by atoms with Crippen LogP contribution in [-0.2, 0) is 6.42 Å². The highest BCUT2D eigenvalue weighted by molar-refractivity contribution is 9.10. The molecule has 0 radical (unpaired) electrons. The molecule has 0 saturated heterocycles. The largest absolute Gasteiger partial charge is 0.348 e. The van der Waals surface area contributed by atoms with Crippen LogP contribution < -0.4 is 0 Å². The van der Waals surface area contributed by atoms with Crippen molar-refractivity contribution in [2.75, 3.05) is 0 Å². The molecular formula is C7H11BrN2. The zero-order chi connectivity index (χ0) is 7.40. The molecule has 0 bridgehead atoms. The Bertz CT molecular complexity index is 195. The molecule has 2 nitrogen and oxygen atoms in total. The summed E-state index contributed by atoms with van der Waals surface area (Å²) in [5, 5.41) is 0. The molecule has 1 rings (SSSR count). The van der Waals surface area contributed by atoms with Gasteiger partial charge in [-0.3, -0.25) is 0 Å². The number of rotatable bonds is 3. The van der Waals surface area contributed by atoms with Gasteiger partial charge in [-0.2, -0.15) is 0 Å². The first-order valence-electron chi connectivity index (χ1n) is 3.52. The fourth-order valence-corrected chi connectivity index (χ4v) is 1.14. The fraction of sp³-hybridized carbons (Fsp3) is 0.571. The van der Waals surface area contributed by atoms with Crippen LogP contribution in [-0.4, -0.2) is 9.97 Å². The van der Waals surface area contributed by atoms with Crippen LogP contribution in [0.2, 0.25) is 0 Å². The Morgan fingerprint density at radius 1 is 1.70 bits per heavy atom. The normalized spacial score (nSPS) is 10.2. The van der Waals surface area contributed by atoms with Crippen molar-refractivity contribution < 1.29 is 0 Å². The lowest BCUT2D eigenvalue weighted by Crippen LogP contribution is -1.85. The zero-order valence-corrected chi connectivity index (χ0v) is 7.61. The second kappa shape index (κ2) is 3.76. The smallest absolute Gasteiger partial charge is 0.124 e. The molecule has 0 fully saturated rings. The van der Waals surface area contributed by atoms with Gasteiger partial charge in [0.1, 0.15) is 10.4 Å². The molecule has 1 N–H and O–H groups in total. The van der Waals surface area contributed by atoms with Gasteiger partial charge in [0.25, 0.3) is 0 Å². The van der Waals surface area contributed by atoms with E-state index in [4.69, 9.17) is 0 Å². The average molecular weight is 203 g/mol. The third-order valence-corrected chi connectivity index (χ3v) is 1.77. The van der Waals surface area contributed by atoms with E-state index in [1.807, 2.05) is 6.20 Å². The van der Waals surface area contributed by atoms with Gasteiger partial charge in [-0.1, -0.05) is 13.3 Å². The van der Waals surface area contributed by atoms with Gasteiger partial charge in [-0.25, -0.2) is 4.98 Å². The Morgan fingerprint density at radius 3 is 3.00 bits per heavy atom. The maximum atomic E-state index is 4.21. The lowest BCUT2D eigenvalue weighted by molar-refractivity contribution is 0.762. The first-order chi connectivity index (χ1) is 4.83. The number of halogens is 1. The van der Waals surface area contributed by atoms with Gasteiger partial charge in [0.15, 0.2) is 0 Å². The maximum Gasteiger partial charge on any atom is 0.124 e. The fourth-order valence-electron chi connectivity index (χ4n) is 0.809. The number of aryl methyl sites for hydroxylation is 1. The van der Waals surface area contributed by atoms with Crippen molar-refractivity contribution in [3.8, 4) is 0 Å². The lowest BCUT2D eigenvalue weighted by Gasteiger charge is -1.90. The first-order valence-corrected chi connectivity index (χ1v) is 4.32. The molecule has 0 spiro atoms. The number of H-pyrrole nitrogens is 1. The Hall–Kier alpha value is -0.310. The van der Waals surface area contributed by atoms with Crippen LogP contribution in [0.1, 0.15) is 25.6 Å². The van der Waals surface area contributed by atoms with E-state index >= 15 is 0 Å². The van der Waals surface area contributed by atoms with E-state index in [0.29, 0.717) is 0 Å². The molecule has 3 heteroatoms. The Balaban J connectivity index is 2.42. The van der Waals surface area contributed by atoms with Crippen molar-refractivity contribution in [2.45, 2.75) is 26.2 Å². The Labute approximate surface area is 69.2 Å². The molecule has 1 aromatic heterocycles. The predicted molar refractivity (Wildman–Crippen MR) is 44.9 cm³/mol. The van der Waals surface area contributed by atoms with E-state index in [0.717, 1.165) is 16.8 Å². The number of aromatic amines is 1. The molecule has 10 heavy (non-hydrogen) atoms. The van der Waals surface area contributed by atoms with Crippen molar-refractivity contribution in [3.63, 3.8) is 0 Å². The number of hydrogen-bond donors (Lipinski definition) is 1. The molecule has 0 aliphatic rings. The predicted octanol–water partition coefficient (Wildman–Crippen LogP) is 2.51. The van der Waals surface area contributed by atoms with Gasteiger partial charge >= 0.3 is 0 Å². The van der Waals surface area contributed by atoms with Crippen LogP contribution >= 0.6 is 15.9 Å². The summed E-state index contributed by atoms with van der Waals surface area (Å²) in [6, 6.07) is 0. The lowest BCUT2D eigenvalue weighted by atomic mass is 10.2. The molecule has 56 valence electrons. The minimum absolute atomic E-state index is 0.901. The molecule has 0 aromatic carbocycles. The molecule has 0 aliphatic heterocycles. The van der Waals surface area contributed by atoms with Crippen LogP contribution in [0.4, 0.5) is 0 Å². The maximum absolute atomic E-state index is 4.21. The summed E-state index contributed by atoms with van der Waals surface area (Å²) in [5.74, 6) is 1.08. The standard InChI is InChI=1S/C7H11BrN2/c1-2-3-4-7-9-5-6(8)10-7/h5H,2-4H2,1H3,(H,9,10). The summed E-state index contributed by atoms with van der Waals surface area (Å²) in [6.45, 7) is 2.18.